The quantitative estimate of drug-likeness (QED) is 0.415. The molecule has 1 aliphatic carbocycles. The predicted molar refractivity (Wildman–Crippen MR) is 64.8 cm³/mol. The minimum absolute atomic E-state index is 0.0346. The van der Waals surface area contributed by atoms with Crippen LogP contribution in [0.1, 0.15) is 12.8 Å². The van der Waals surface area contributed by atoms with Gasteiger partial charge in [-0.2, -0.15) is 4.98 Å². The van der Waals surface area contributed by atoms with Gasteiger partial charge in [0.25, 0.3) is 5.88 Å². The van der Waals surface area contributed by atoms with Crippen LogP contribution in [0.2, 0.25) is 0 Å². The lowest BCUT2D eigenvalue weighted by Crippen LogP contribution is -2.24. The van der Waals surface area contributed by atoms with Gasteiger partial charge in [-0.25, -0.2) is 4.98 Å². The highest BCUT2D eigenvalue weighted by Gasteiger charge is 2.24. The molecule has 0 amide bonds. The molecule has 0 aliphatic heterocycles. The molecule has 1 aliphatic rings. The van der Waals surface area contributed by atoms with E-state index < -0.39 is 4.92 Å². The maximum atomic E-state index is 10.9. The minimum atomic E-state index is -0.546. The van der Waals surface area contributed by atoms with Crippen molar-refractivity contribution < 1.29 is 9.66 Å². The molecule has 0 saturated heterocycles. The van der Waals surface area contributed by atoms with Gasteiger partial charge in [0, 0.05) is 19.1 Å². The highest BCUT2D eigenvalue weighted by Crippen LogP contribution is 2.30. The maximum Gasteiger partial charge on any atom is 0.372 e. The fourth-order valence-electron chi connectivity index (χ4n) is 1.55. The Morgan fingerprint density at radius 3 is 2.89 bits per heavy atom. The third-order valence-corrected chi connectivity index (χ3v) is 2.59. The summed E-state index contributed by atoms with van der Waals surface area (Å²) in [6.07, 6.45) is 3.66. The van der Waals surface area contributed by atoms with E-state index in [1.165, 1.54) is 26.3 Å². The monoisotopic (exact) mass is 253 g/mol. The lowest BCUT2D eigenvalue weighted by molar-refractivity contribution is -0.385. The molecule has 0 spiro atoms. The third-order valence-electron chi connectivity index (χ3n) is 2.59. The number of ether oxygens (including phenoxy) is 1. The van der Waals surface area contributed by atoms with Crippen LogP contribution >= 0.6 is 0 Å². The first-order valence-corrected chi connectivity index (χ1v) is 5.73. The predicted octanol–water partition coefficient (Wildman–Crippen LogP) is 0.557. The molecule has 1 saturated carbocycles. The van der Waals surface area contributed by atoms with E-state index in [0.717, 1.165) is 6.54 Å². The average molecular weight is 253 g/mol. The van der Waals surface area contributed by atoms with Gasteiger partial charge in [0.15, 0.2) is 0 Å². The second kappa shape index (κ2) is 5.58. The van der Waals surface area contributed by atoms with Gasteiger partial charge in [-0.3, -0.25) is 10.1 Å². The second-order valence-electron chi connectivity index (χ2n) is 3.99. The number of hydrogen-bond donors (Lipinski definition) is 2. The summed E-state index contributed by atoms with van der Waals surface area (Å²) in [5.41, 5.74) is -0.230. The SMILES string of the molecule is COc1ncnc(NCCNC2CC2)c1[N+](=O)[O-]. The fraction of sp³-hybridized carbons (Fsp3) is 0.600. The van der Waals surface area contributed by atoms with Gasteiger partial charge in [-0.05, 0) is 12.8 Å². The first kappa shape index (κ1) is 12.5. The average Bonchev–Trinajstić information content (AvgIpc) is 3.18. The molecule has 2 N–H and O–H groups in total. The molecule has 0 atom stereocenters. The van der Waals surface area contributed by atoms with E-state index in [1.54, 1.807) is 0 Å². The zero-order valence-corrected chi connectivity index (χ0v) is 10.0. The number of nitro groups is 1. The summed E-state index contributed by atoms with van der Waals surface area (Å²) in [5, 5.41) is 17.2. The van der Waals surface area contributed by atoms with Crippen molar-refractivity contribution in [2.45, 2.75) is 18.9 Å². The molecule has 8 heteroatoms. The fourth-order valence-corrected chi connectivity index (χ4v) is 1.55. The van der Waals surface area contributed by atoms with Crippen LogP contribution in [0.4, 0.5) is 11.5 Å². The van der Waals surface area contributed by atoms with E-state index in [0.29, 0.717) is 12.6 Å². The zero-order valence-electron chi connectivity index (χ0n) is 10.0. The molecular weight excluding hydrogens is 238 g/mol. The molecule has 8 nitrogen and oxygen atoms in total. The Morgan fingerprint density at radius 2 is 2.28 bits per heavy atom. The van der Waals surface area contributed by atoms with Crippen molar-refractivity contribution in [3.05, 3.63) is 16.4 Å². The summed E-state index contributed by atoms with van der Waals surface area (Å²) in [7, 11) is 1.34. The Labute approximate surface area is 104 Å². The van der Waals surface area contributed by atoms with Crippen LogP contribution in [0.5, 0.6) is 5.88 Å². The normalized spacial score (nSPS) is 14.3. The molecule has 98 valence electrons. The van der Waals surface area contributed by atoms with Gasteiger partial charge >= 0.3 is 5.69 Å². The van der Waals surface area contributed by atoms with Crippen LogP contribution in [0, 0.1) is 10.1 Å². The van der Waals surface area contributed by atoms with Crippen molar-refractivity contribution in [3.8, 4) is 5.88 Å². The number of nitrogens with zero attached hydrogens (tertiary/aromatic N) is 3. The Morgan fingerprint density at radius 1 is 1.50 bits per heavy atom. The van der Waals surface area contributed by atoms with Gasteiger partial charge in [0.1, 0.15) is 6.33 Å². The number of methoxy groups -OCH3 is 1. The molecule has 1 aromatic rings. The van der Waals surface area contributed by atoms with Crippen molar-refractivity contribution in [2.24, 2.45) is 0 Å². The van der Waals surface area contributed by atoms with Crippen LogP contribution in [-0.4, -0.2) is 41.1 Å². The van der Waals surface area contributed by atoms with E-state index in [-0.39, 0.29) is 17.4 Å². The maximum absolute atomic E-state index is 10.9. The van der Waals surface area contributed by atoms with Crippen molar-refractivity contribution in [3.63, 3.8) is 0 Å². The van der Waals surface area contributed by atoms with Crippen molar-refractivity contribution in [2.75, 3.05) is 25.5 Å². The van der Waals surface area contributed by atoms with Gasteiger partial charge in [0.05, 0.1) is 12.0 Å². The summed E-state index contributed by atoms with van der Waals surface area (Å²) in [6, 6.07) is 0.613. The van der Waals surface area contributed by atoms with Crippen LogP contribution in [0.3, 0.4) is 0 Å². The Hall–Kier alpha value is -1.96. The third kappa shape index (κ3) is 3.04. The molecule has 0 radical (unpaired) electrons. The summed E-state index contributed by atoms with van der Waals surface area (Å²) in [4.78, 5) is 18.0. The number of rotatable bonds is 7. The Bertz CT molecular complexity index is 436. The van der Waals surface area contributed by atoms with Crippen LogP contribution in [0.25, 0.3) is 0 Å². The van der Waals surface area contributed by atoms with Crippen molar-refractivity contribution >= 4 is 11.5 Å². The standard InChI is InChI=1S/C10H15N5O3/c1-18-10-8(15(16)17)9(13-6-14-10)12-5-4-11-7-2-3-7/h6-7,11H,2-5H2,1H3,(H,12,13,14). The summed E-state index contributed by atoms with van der Waals surface area (Å²) < 4.78 is 4.85. The molecule has 2 rings (SSSR count). The summed E-state index contributed by atoms with van der Waals surface area (Å²) in [5.74, 6) is 0.150. The zero-order chi connectivity index (χ0) is 13.0. The smallest absolute Gasteiger partial charge is 0.372 e. The molecule has 1 fully saturated rings. The van der Waals surface area contributed by atoms with Crippen LogP contribution < -0.4 is 15.4 Å². The topological polar surface area (TPSA) is 102 Å². The van der Waals surface area contributed by atoms with Gasteiger partial charge in [-0.1, -0.05) is 0 Å². The van der Waals surface area contributed by atoms with E-state index in [2.05, 4.69) is 20.6 Å². The number of hydrogen-bond acceptors (Lipinski definition) is 7. The van der Waals surface area contributed by atoms with Gasteiger partial charge in [0.2, 0.25) is 5.82 Å². The van der Waals surface area contributed by atoms with Gasteiger partial charge < -0.3 is 15.4 Å². The van der Waals surface area contributed by atoms with Crippen LogP contribution in [-0.2, 0) is 0 Å². The van der Waals surface area contributed by atoms with E-state index in [9.17, 15) is 10.1 Å². The molecular formula is C10H15N5O3. The molecule has 0 bridgehead atoms. The first-order valence-electron chi connectivity index (χ1n) is 5.73. The number of anilines is 1. The Balaban J connectivity index is 1.98. The van der Waals surface area contributed by atoms with E-state index in [1.807, 2.05) is 0 Å². The van der Waals surface area contributed by atoms with E-state index >= 15 is 0 Å². The lowest BCUT2D eigenvalue weighted by atomic mass is 10.4. The second-order valence-corrected chi connectivity index (χ2v) is 3.99. The van der Waals surface area contributed by atoms with Gasteiger partial charge in [-0.15, -0.1) is 0 Å². The lowest BCUT2D eigenvalue weighted by Gasteiger charge is -2.08. The van der Waals surface area contributed by atoms with Crippen molar-refractivity contribution in [1.82, 2.24) is 15.3 Å². The highest BCUT2D eigenvalue weighted by molar-refractivity contribution is 5.60. The molecule has 18 heavy (non-hydrogen) atoms. The van der Waals surface area contributed by atoms with Crippen LogP contribution in [0.15, 0.2) is 6.33 Å². The first-order chi connectivity index (χ1) is 8.72. The largest absolute Gasteiger partial charge is 0.476 e. The highest BCUT2D eigenvalue weighted by atomic mass is 16.6. The summed E-state index contributed by atoms with van der Waals surface area (Å²) >= 11 is 0. The number of aromatic nitrogens is 2. The molecule has 0 unspecified atom stereocenters. The minimum Gasteiger partial charge on any atom is -0.476 e. The number of nitrogens with one attached hydrogen (secondary N) is 2. The van der Waals surface area contributed by atoms with Crippen molar-refractivity contribution in [1.29, 1.82) is 0 Å². The van der Waals surface area contributed by atoms with E-state index in [4.69, 9.17) is 4.74 Å². The summed E-state index contributed by atoms with van der Waals surface area (Å²) in [6.45, 7) is 1.31. The molecule has 0 aromatic carbocycles. The molecule has 1 heterocycles. The molecule has 1 aromatic heterocycles. The Kier molecular flexibility index (Phi) is 3.88.